The van der Waals surface area contributed by atoms with Crippen LogP contribution in [0.25, 0.3) is 0 Å². The third-order valence-electron chi connectivity index (χ3n) is 5.15. The van der Waals surface area contributed by atoms with Crippen molar-refractivity contribution in [1.82, 2.24) is 10.6 Å². The Kier molecular flexibility index (Phi) is 11.4. The standard InChI is InChI=1S/C20H33N3O5.HI/c1-21-19(23-13-20(8-11-24)9-12-28-14-20)22-10-7-15-5-6-16(25-2)18(27-4)17(15)26-3;/h5-6,24H,7-14H2,1-4H3,(H2,21,22,23);1H. The summed E-state index contributed by atoms with van der Waals surface area (Å²) < 4.78 is 21.8. The van der Waals surface area contributed by atoms with Gasteiger partial charge in [0, 0.05) is 44.3 Å². The summed E-state index contributed by atoms with van der Waals surface area (Å²) in [6, 6.07) is 3.85. The summed E-state index contributed by atoms with van der Waals surface area (Å²) in [5, 5.41) is 16.0. The van der Waals surface area contributed by atoms with Gasteiger partial charge in [-0.3, -0.25) is 4.99 Å². The summed E-state index contributed by atoms with van der Waals surface area (Å²) in [6.45, 7) is 2.96. The molecule has 0 radical (unpaired) electrons. The second kappa shape index (κ2) is 13.0. The number of nitrogens with one attached hydrogen (secondary N) is 2. The minimum atomic E-state index is -0.0288. The molecular formula is C20H34IN3O5. The topological polar surface area (TPSA) is 93.6 Å². The molecule has 0 spiro atoms. The van der Waals surface area contributed by atoms with Gasteiger partial charge >= 0.3 is 0 Å². The maximum atomic E-state index is 9.35. The predicted octanol–water partition coefficient (Wildman–Crippen LogP) is 1.83. The van der Waals surface area contributed by atoms with Crippen LogP contribution in [-0.4, -0.2) is 72.4 Å². The Morgan fingerprint density at radius 1 is 1.17 bits per heavy atom. The Morgan fingerprint density at radius 2 is 1.93 bits per heavy atom. The second-order valence-electron chi connectivity index (χ2n) is 6.87. The van der Waals surface area contributed by atoms with E-state index in [4.69, 9.17) is 18.9 Å². The van der Waals surface area contributed by atoms with Crippen LogP contribution in [0.15, 0.2) is 17.1 Å². The Hall–Kier alpha value is -1.46. The highest BCUT2D eigenvalue weighted by molar-refractivity contribution is 14.0. The van der Waals surface area contributed by atoms with Crippen molar-refractivity contribution in [1.29, 1.82) is 0 Å². The fraction of sp³-hybridized carbons (Fsp3) is 0.650. The molecule has 166 valence electrons. The van der Waals surface area contributed by atoms with Crippen LogP contribution in [0.1, 0.15) is 18.4 Å². The Morgan fingerprint density at radius 3 is 2.48 bits per heavy atom. The van der Waals surface area contributed by atoms with Crippen molar-refractivity contribution in [3.05, 3.63) is 17.7 Å². The number of hydrogen-bond acceptors (Lipinski definition) is 6. The van der Waals surface area contributed by atoms with Crippen molar-refractivity contribution >= 4 is 29.9 Å². The summed E-state index contributed by atoms with van der Waals surface area (Å²) in [6.07, 6.45) is 2.40. The minimum Gasteiger partial charge on any atom is -0.493 e. The van der Waals surface area contributed by atoms with Gasteiger partial charge in [0.15, 0.2) is 17.5 Å². The number of hydrogen-bond donors (Lipinski definition) is 3. The second-order valence-corrected chi connectivity index (χ2v) is 6.87. The molecule has 1 heterocycles. The number of aliphatic hydroxyl groups excluding tert-OH is 1. The van der Waals surface area contributed by atoms with Crippen LogP contribution in [0, 0.1) is 5.41 Å². The smallest absolute Gasteiger partial charge is 0.203 e. The van der Waals surface area contributed by atoms with E-state index in [-0.39, 0.29) is 36.0 Å². The first-order valence-electron chi connectivity index (χ1n) is 9.54. The van der Waals surface area contributed by atoms with Crippen molar-refractivity contribution in [3.63, 3.8) is 0 Å². The fourth-order valence-electron chi connectivity index (χ4n) is 3.48. The van der Waals surface area contributed by atoms with Crippen LogP contribution in [0.5, 0.6) is 17.2 Å². The predicted molar refractivity (Wildman–Crippen MR) is 124 cm³/mol. The van der Waals surface area contributed by atoms with Gasteiger partial charge in [-0.05, 0) is 25.3 Å². The highest BCUT2D eigenvalue weighted by Crippen LogP contribution is 2.39. The molecule has 0 amide bonds. The van der Waals surface area contributed by atoms with Gasteiger partial charge in [0.05, 0.1) is 27.9 Å². The lowest BCUT2D eigenvalue weighted by Crippen LogP contribution is -2.45. The monoisotopic (exact) mass is 523 g/mol. The molecule has 1 aliphatic heterocycles. The van der Waals surface area contributed by atoms with E-state index in [1.165, 1.54) is 0 Å². The summed E-state index contributed by atoms with van der Waals surface area (Å²) >= 11 is 0. The maximum absolute atomic E-state index is 9.35. The van der Waals surface area contributed by atoms with Crippen LogP contribution in [0.3, 0.4) is 0 Å². The van der Waals surface area contributed by atoms with E-state index >= 15 is 0 Å². The molecule has 0 aliphatic carbocycles. The lowest BCUT2D eigenvalue weighted by atomic mass is 9.84. The first kappa shape index (κ1) is 25.6. The largest absolute Gasteiger partial charge is 0.493 e. The van der Waals surface area contributed by atoms with Crippen molar-refractivity contribution < 1.29 is 24.1 Å². The number of methoxy groups -OCH3 is 3. The number of aliphatic imine (C=N–C) groups is 1. The zero-order valence-electron chi connectivity index (χ0n) is 17.7. The number of guanidine groups is 1. The van der Waals surface area contributed by atoms with Gasteiger partial charge in [-0.1, -0.05) is 6.07 Å². The molecule has 29 heavy (non-hydrogen) atoms. The highest BCUT2D eigenvalue weighted by Gasteiger charge is 2.34. The van der Waals surface area contributed by atoms with Crippen LogP contribution >= 0.6 is 24.0 Å². The third kappa shape index (κ3) is 6.78. The number of halogens is 1. The molecule has 1 fully saturated rings. The summed E-state index contributed by atoms with van der Waals surface area (Å²) in [7, 11) is 6.57. The minimum absolute atomic E-state index is 0. The SMILES string of the molecule is CN=C(NCCc1ccc(OC)c(OC)c1OC)NCC1(CCO)CCOC1.I. The van der Waals surface area contributed by atoms with Crippen LogP contribution in [-0.2, 0) is 11.2 Å². The molecule has 1 saturated heterocycles. The maximum Gasteiger partial charge on any atom is 0.203 e. The van der Waals surface area contributed by atoms with Gasteiger partial charge in [-0.2, -0.15) is 0 Å². The average Bonchev–Trinajstić information content (AvgIpc) is 3.18. The molecule has 9 heteroatoms. The Bertz CT molecular complexity index is 651. The number of rotatable bonds is 10. The lowest BCUT2D eigenvalue weighted by Gasteiger charge is -2.27. The number of aliphatic hydroxyl groups is 1. The average molecular weight is 523 g/mol. The first-order chi connectivity index (χ1) is 13.6. The lowest BCUT2D eigenvalue weighted by molar-refractivity contribution is 0.127. The van der Waals surface area contributed by atoms with Gasteiger partial charge in [0.1, 0.15) is 0 Å². The molecule has 2 rings (SSSR count). The number of benzene rings is 1. The molecule has 1 aromatic carbocycles. The Labute approximate surface area is 190 Å². The molecule has 1 aromatic rings. The van der Waals surface area contributed by atoms with E-state index < -0.39 is 0 Å². The van der Waals surface area contributed by atoms with E-state index in [0.717, 1.165) is 37.4 Å². The van der Waals surface area contributed by atoms with E-state index in [0.29, 0.717) is 36.9 Å². The first-order valence-corrected chi connectivity index (χ1v) is 9.54. The third-order valence-corrected chi connectivity index (χ3v) is 5.15. The molecule has 1 unspecified atom stereocenters. The normalized spacial score (nSPS) is 18.7. The van der Waals surface area contributed by atoms with Gasteiger partial charge < -0.3 is 34.7 Å². The van der Waals surface area contributed by atoms with Crippen LogP contribution < -0.4 is 24.8 Å². The zero-order chi connectivity index (χ0) is 20.4. The van der Waals surface area contributed by atoms with E-state index in [2.05, 4.69) is 15.6 Å². The zero-order valence-corrected chi connectivity index (χ0v) is 20.1. The molecular weight excluding hydrogens is 489 g/mol. The molecule has 0 aromatic heterocycles. The van der Waals surface area contributed by atoms with Crippen LogP contribution in [0.2, 0.25) is 0 Å². The molecule has 1 aliphatic rings. The van der Waals surface area contributed by atoms with Gasteiger partial charge in [-0.25, -0.2) is 0 Å². The van der Waals surface area contributed by atoms with Crippen molar-refractivity contribution in [2.75, 3.05) is 61.3 Å². The molecule has 1 atom stereocenters. The van der Waals surface area contributed by atoms with Gasteiger partial charge in [0.25, 0.3) is 0 Å². The summed E-state index contributed by atoms with van der Waals surface area (Å²) in [5.41, 5.74) is 0.989. The molecule has 0 bridgehead atoms. The number of nitrogens with zero attached hydrogens (tertiary/aromatic N) is 1. The Balaban J connectivity index is 0.00000420. The number of ether oxygens (including phenoxy) is 4. The van der Waals surface area contributed by atoms with Crippen molar-refractivity contribution in [2.24, 2.45) is 10.4 Å². The van der Waals surface area contributed by atoms with Crippen LogP contribution in [0.4, 0.5) is 0 Å². The van der Waals surface area contributed by atoms with Gasteiger partial charge in [0.2, 0.25) is 5.75 Å². The molecule has 8 nitrogen and oxygen atoms in total. The fourth-order valence-corrected chi connectivity index (χ4v) is 3.48. The van der Waals surface area contributed by atoms with E-state index in [1.54, 1.807) is 28.4 Å². The molecule has 3 N–H and O–H groups in total. The van der Waals surface area contributed by atoms with Crippen molar-refractivity contribution in [2.45, 2.75) is 19.3 Å². The quantitative estimate of drug-likeness (QED) is 0.245. The van der Waals surface area contributed by atoms with Crippen molar-refractivity contribution in [3.8, 4) is 17.2 Å². The van der Waals surface area contributed by atoms with E-state index in [9.17, 15) is 5.11 Å². The van der Waals surface area contributed by atoms with E-state index in [1.807, 2.05) is 12.1 Å². The summed E-state index contributed by atoms with van der Waals surface area (Å²) in [4.78, 5) is 4.29. The molecule has 0 saturated carbocycles. The van der Waals surface area contributed by atoms with Gasteiger partial charge in [-0.15, -0.1) is 24.0 Å². The highest BCUT2D eigenvalue weighted by atomic mass is 127. The summed E-state index contributed by atoms with van der Waals surface area (Å²) in [5.74, 6) is 2.64.